The molecule has 1 aliphatic carbocycles. The Bertz CT molecular complexity index is 931. The van der Waals surface area contributed by atoms with Gasteiger partial charge in [-0.25, -0.2) is 4.79 Å². The highest BCUT2D eigenvalue weighted by atomic mass is 32.1. The number of ether oxygens (including phenoxy) is 2. The van der Waals surface area contributed by atoms with Crippen LogP contribution in [0.1, 0.15) is 66.8 Å². The Hall–Kier alpha value is -2.75. The number of carbonyl (C=O) groups excluding carboxylic acids is 5. The molecule has 10 heteroatoms. The Morgan fingerprint density at radius 1 is 1.06 bits per heavy atom. The number of nitrogens with one attached hydrogen (secondary N) is 1. The van der Waals surface area contributed by atoms with Gasteiger partial charge < -0.3 is 14.8 Å². The Kier molecular flexibility index (Phi) is 8.23. The van der Waals surface area contributed by atoms with Gasteiger partial charge in [-0.1, -0.05) is 19.8 Å². The number of carbonyl (C=O) groups is 5. The second-order valence-electron chi connectivity index (χ2n) is 8.20. The minimum atomic E-state index is -0.678. The van der Waals surface area contributed by atoms with Crippen LogP contribution in [0.2, 0.25) is 0 Å². The highest BCUT2D eigenvalue weighted by molar-refractivity contribution is 7.16. The SMILES string of the molecule is CCOC(=O)c1c(NC(=O)COC(=O)CCN2C(=O)[C@H]3CCCC[C@@H]3C2=O)sc(C)c1CC. The fourth-order valence-corrected chi connectivity index (χ4v) is 5.70. The molecule has 1 aromatic heterocycles. The van der Waals surface area contributed by atoms with Crippen LogP contribution in [0.25, 0.3) is 0 Å². The first kappa shape index (κ1) is 24.9. The van der Waals surface area contributed by atoms with Gasteiger partial charge >= 0.3 is 11.9 Å². The van der Waals surface area contributed by atoms with Crippen molar-refractivity contribution in [1.82, 2.24) is 4.90 Å². The van der Waals surface area contributed by atoms with Gasteiger partial charge in [0.15, 0.2) is 6.61 Å². The third-order valence-electron chi connectivity index (χ3n) is 6.13. The molecule has 1 aliphatic heterocycles. The molecule has 1 aromatic rings. The third-order valence-corrected chi connectivity index (χ3v) is 7.19. The maximum atomic E-state index is 12.5. The molecule has 1 N–H and O–H groups in total. The second kappa shape index (κ2) is 10.9. The van der Waals surface area contributed by atoms with Crippen molar-refractivity contribution >= 4 is 46.0 Å². The van der Waals surface area contributed by atoms with E-state index in [4.69, 9.17) is 9.47 Å². The first-order valence-corrected chi connectivity index (χ1v) is 12.2. The van der Waals surface area contributed by atoms with Crippen molar-refractivity contribution in [3.8, 4) is 0 Å². The van der Waals surface area contributed by atoms with Gasteiger partial charge in [0, 0.05) is 11.4 Å². The summed E-state index contributed by atoms with van der Waals surface area (Å²) in [5, 5.41) is 2.99. The Balaban J connectivity index is 1.51. The largest absolute Gasteiger partial charge is 0.462 e. The Morgan fingerprint density at radius 3 is 2.27 bits per heavy atom. The standard InChI is InChI=1S/C23H30N2O7S/c1-4-14-13(3)33-20(19(14)23(30)31-5-2)24-17(26)12-32-18(27)10-11-25-21(28)15-8-6-7-9-16(15)22(25)29/h15-16H,4-12H2,1-3H3,(H,24,26)/t15-,16-/m0/s1. The lowest BCUT2D eigenvalue weighted by atomic mass is 9.81. The number of likely N-dealkylation sites (tertiary alicyclic amines) is 1. The minimum absolute atomic E-state index is 0.0396. The zero-order valence-corrected chi connectivity index (χ0v) is 20.0. The zero-order valence-electron chi connectivity index (χ0n) is 19.2. The van der Waals surface area contributed by atoms with Crippen LogP contribution in [0.15, 0.2) is 0 Å². The lowest BCUT2D eigenvalue weighted by molar-refractivity contribution is -0.148. The second-order valence-corrected chi connectivity index (χ2v) is 9.42. The molecule has 3 rings (SSSR count). The molecule has 2 atom stereocenters. The fraction of sp³-hybridized carbons (Fsp3) is 0.609. The molecule has 2 heterocycles. The molecule has 3 amide bonds. The normalized spacial score (nSPS) is 19.9. The summed E-state index contributed by atoms with van der Waals surface area (Å²) in [5.74, 6) is -2.71. The molecular formula is C23H30N2O7S. The number of thiophene rings is 1. The summed E-state index contributed by atoms with van der Waals surface area (Å²) in [5.41, 5.74) is 1.14. The number of amides is 3. The summed E-state index contributed by atoms with van der Waals surface area (Å²) in [7, 11) is 0. The summed E-state index contributed by atoms with van der Waals surface area (Å²) in [4.78, 5) is 63.8. The van der Waals surface area contributed by atoms with Gasteiger partial charge in [-0.2, -0.15) is 0 Å². The Morgan fingerprint density at radius 2 is 1.70 bits per heavy atom. The first-order valence-electron chi connectivity index (χ1n) is 11.4. The maximum Gasteiger partial charge on any atom is 0.341 e. The van der Waals surface area contributed by atoms with Crippen LogP contribution in [0.5, 0.6) is 0 Å². The smallest absolute Gasteiger partial charge is 0.341 e. The predicted octanol–water partition coefficient (Wildman–Crippen LogP) is 2.84. The average Bonchev–Trinajstić information content (AvgIpc) is 3.24. The molecule has 9 nitrogen and oxygen atoms in total. The molecule has 33 heavy (non-hydrogen) atoms. The van der Waals surface area contributed by atoms with Crippen molar-refractivity contribution in [3.05, 3.63) is 16.0 Å². The van der Waals surface area contributed by atoms with E-state index in [-0.39, 0.29) is 43.2 Å². The van der Waals surface area contributed by atoms with Crippen LogP contribution in [0.4, 0.5) is 5.00 Å². The molecule has 0 spiro atoms. The molecule has 2 aliphatic rings. The molecular weight excluding hydrogens is 448 g/mol. The van der Waals surface area contributed by atoms with Gasteiger partial charge in [-0.15, -0.1) is 11.3 Å². The molecule has 0 radical (unpaired) electrons. The van der Waals surface area contributed by atoms with Crippen LogP contribution < -0.4 is 5.32 Å². The number of nitrogens with zero attached hydrogens (tertiary/aromatic N) is 1. The molecule has 1 saturated heterocycles. The number of hydrogen-bond donors (Lipinski definition) is 1. The molecule has 1 saturated carbocycles. The van der Waals surface area contributed by atoms with Gasteiger partial charge in [0.2, 0.25) is 11.8 Å². The Labute approximate surface area is 196 Å². The van der Waals surface area contributed by atoms with Crippen LogP contribution in [0, 0.1) is 18.8 Å². The van der Waals surface area contributed by atoms with Crippen molar-refractivity contribution in [2.75, 3.05) is 25.1 Å². The summed E-state index contributed by atoms with van der Waals surface area (Å²) in [6, 6.07) is 0. The monoisotopic (exact) mass is 478 g/mol. The third kappa shape index (κ3) is 5.43. The van der Waals surface area contributed by atoms with Crippen LogP contribution >= 0.6 is 11.3 Å². The van der Waals surface area contributed by atoms with E-state index in [0.29, 0.717) is 29.8 Å². The minimum Gasteiger partial charge on any atom is -0.462 e. The molecule has 180 valence electrons. The predicted molar refractivity (Wildman–Crippen MR) is 121 cm³/mol. The van der Waals surface area contributed by atoms with Crippen LogP contribution in [-0.2, 0) is 35.1 Å². The highest BCUT2D eigenvalue weighted by Crippen LogP contribution is 2.38. The lowest BCUT2D eigenvalue weighted by Crippen LogP contribution is -2.33. The molecule has 0 unspecified atom stereocenters. The summed E-state index contributed by atoms with van der Waals surface area (Å²) >= 11 is 1.26. The average molecular weight is 479 g/mol. The van der Waals surface area contributed by atoms with Crippen molar-refractivity contribution in [2.24, 2.45) is 11.8 Å². The van der Waals surface area contributed by atoms with Gasteiger partial charge in [-0.05, 0) is 38.7 Å². The van der Waals surface area contributed by atoms with E-state index in [2.05, 4.69) is 5.32 Å². The van der Waals surface area contributed by atoms with Gasteiger partial charge in [0.25, 0.3) is 5.91 Å². The maximum absolute atomic E-state index is 12.5. The van der Waals surface area contributed by atoms with E-state index in [1.807, 2.05) is 13.8 Å². The van der Waals surface area contributed by atoms with Crippen LogP contribution in [0.3, 0.4) is 0 Å². The van der Waals surface area contributed by atoms with E-state index in [0.717, 1.165) is 28.2 Å². The quantitative estimate of drug-likeness (QED) is 0.428. The number of fused-ring (bicyclic) bond motifs is 1. The topological polar surface area (TPSA) is 119 Å². The van der Waals surface area contributed by atoms with Gasteiger partial charge in [-0.3, -0.25) is 24.1 Å². The zero-order chi connectivity index (χ0) is 24.1. The van der Waals surface area contributed by atoms with Crippen molar-refractivity contribution < 1.29 is 33.4 Å². The van der Waals surface area contributed by atoms with Crippen molar-refractivity contribution in [1.29, 1.82) is 0 Å². The number of hydrogen-bond acceptors (Lipinski definition) is 8. The molecule has 2 fully saturated rings. The summed E-state index contributed by atoms with van der Waals surface area (Å²) in [6.45, 7) is 5.12. The summed E-state index contributed by atoms with van der Waals surface area (Å²) < 4.78 is 10.1. The van der Waals surface area contributed by atoms with E-state index in [9.17, 15) is 24.0 Å². The van der Waals surface area contributed by atoms with Crippen molar-refractivity contribution in [3.63, 3.8) is 0 Å². The number of imide groups is 1. The number of anilines is 1. The molecule has 0 aromatic carbocycles. The fourth-order valence-electron chi connectivity index (χ4n) is 4.55. The highest BCUT2D eigenvalue weighted by Gasteiger charge is 2.47. The lowest BCUT2D eigenvalue weighted by Gasteiger charge is -2.19. The number of rotatable bonds is 9. The first-order chi connectivity index (χ1) is 15.8. The summed E-state index contributed by atoms with van der Waals surface area (Å²) in [6.07, 6.45) is 3.74. The molecule has 0 bridgehead atoms. The van der Waals surface area contributed by atoms with E-state index >= 15 is 0 Å². The number of esters is 2. The van der Waals surface area contributed by atoms with Gasteiger partial charge in [0.05, 0.1) is 30.4 Å². The van der Waals surface area contributed by atoms with E-state index in [1.54, 1.807) is 6.92 Å². The van der Waals surface area contributed by atoms with Crippen LogP contribution in [-0.4, -0.2) is 54.3 Å². The van der Waals surface area contributed by atoms with E-state index < -0.39 is 24.5 Å². The van der Waals surface area contributed by atoms with E-state index in [1.165, 1.54) is 11.3 Å². The van der Waals surface area contributed by atoms with Crippen molar-refractivity contribution in [2.45, 2.75) is 59.3 Å². The van der Waals surface area contributed by atoms with Gasteiger partial charge in [0.1, 0.15) is 5.00 Å². The number of aryl methyl sites for hydroxylation is 1.